The van der Waals surface area contributed by atoms with E-state index in [9.17, 15) is 14.4 Å². The Morgan fingerprint density at radius 2 is 1.59 bits per heavy atom. The molecule has 0 spiro atoms. The highest BCUT2D eigenvalue weighted by Crippen LogP contribution is 2.25. The van der Waals surface area contributed by atoms with Crippen molar-refractivity contribution in [2.75, 3.05) is 11.9 Å². The van der Waals surface area contributed by atoms with Crippen molar-refractivity contribution in [2.24, 2.45) is 0 Å². The molecule has 6 nitrogen and oxygen atoms in total. The van der Waals surface area contributed by atoms with Gasteiger partial charge in [-0.2, -0.15) is 0 Å². The fraction of sp³-hybridized carbons (Fsp3) is 0.522. The molecule has 1 N–H and O–H groups in total. The van der Waals surface area contributed by atoms with E-state index in [0.29, 0.717) is 25.9 Å². The molecule has 0 radical (unpaired) electrons. The van der Waals surface area contributed by atoms with Crippen LogP contribution in [0, 0.1) is 0 Å². The van der Waals surface area contributed by atoms with E-state index in [4.69, 9.17) is 4.74 Å². The van der Waals surface area contributed by atoms with Crippen LogP contribution in [0.1, 0.15) is 59.4 Å². The molecule has 1 aromatic rings. The summed E-state index contributed by atoms with van der Waals surface area (Å²) in [4.78, 5) is 37.3. The van der Waals surface area contributed by atoms with Crippen LogP contribution < -0.4 is 5.32 Å². The van der Waals surface area contributed by atoms with Crippen molar-refractivity contribution in [1.82, 2.24) is 4.90 Å². The molecular formula is C23H32N2O4. The van der Waals surface area contributed by atoms with Crippen LogP contribution in [0.15, 0.2) is 36.4 Å². The molecule has 1 aliphatic rings. The molecule has 3 amide bonds. The number of hydrogen-bond donors (Lipinski definition) is 1. The summed E-state index contributed by atoms with van der Waals surface area (Å²) in [5.74, 6) is -0.628. The van der Waals surface area contributed by atoms with Crippen LogP contribution in [-0.2, 0) is 25.5 Å². The Morgan fingerprint density at radius 3 is 2.14 bits per heavy atom. The second-order valence-electron chi connectivity index (χ2n) is 8.61. The fourth-order valence-electron chi connectivity index (χ4n) is 3.22. The highest BCUT2D eigenvalue weighted by molar-refractivity contribution is 6.13. The molecule has 0 aromatic heterocycles. The molecule has 29 heavy (non-hydrogen) atoms. The first-order valence-corrected chi connectivity index (χ1v) is 10.1. The number of anilines is 1. The summed E-state index contributed by atoms with van der Waals surface area (Å²) < 4.78 is 5.98. The Labute approximate surface area is 173 Å². The summed E-state index contributed by atoms with van der Waals surface area (Å²) in [7, 11) is 0. The van der Waals surface area contributed by atoms with E-state index in [1.807, 2.05) is 52.0 Å². The molecule has 1 aliphatic heterocycles. The van der Waals surface area contributed by atoms with Crippen molar-refractivity contribution >= 4 is 23.4 Å². The predicted molar refractivity (Wildman–Crippen MR) is 113 cm³/mol. The van der Waals surface area contributed by atoms with Gasteiger partial charge in [-0.15, -0.1) is 0 Å². The van der Waals surface area contributed by atoms with Crippen molar-refractivity contribution < 1.29 is 19.1 Å². The normalized spacial score (nSPS) is 14.6. The van der Waals surface area contributed by atoms with Crippen molar-refractivity contribution in [1.29, 1.82) is 0 Å². The number of nitrogens with zero attached hydrogens (tertiary/aromatic N) is 1. The molecule has 0 bridgehead atoms. The summed E-state index contributed by atoms with van der Waals surface area (Å²) in [5, 5.41) is 2.91. The van der Waals surface area contributed by atoms with Gasteiger partial charge in [0.2, 0.25) is 5.91 Å². The molecule has 2 rings (SSSR count). The average molecular weight is 401 g/mol. The number of benzene rings is 1. The van der Waals surface area contributed by atoms with E-state index >= 15 is 0 Å². The number of rotatable bonds is 10. The molecule has 0 fully saturated rings. The van der Waals surface area contributed by atoms with Gasteiger partial charge >= 0.3 is 0 Å². The minimum absolute atomic E-state index is 0.0504. The zero-order valence-electron chi connectivity index (χ0n) is 18.1. The van der Waals surface area contributed by atoms with Gasteiger partial charge in [-0.1, -0.05) is 19.1 Å². The first kappa shape index (κ1) is 22.8. The lowest BCUT2D eigenvalue weighted by Gasteiger charge is -2.35. The van der Waals surface area contributed by atoms with E-state index in [2.05, 4.69) is 12.2 Å². The number of nitrogens with one attached hydrogen (secondary N) is 1. The summed E-state index contributed by atoms with van der Waals surface area (Å²) in [6, 6.07) is 7.85. The van der Waals surface area contributed by atoms with Gasteiger partial charge in [-0.3, -0.25) is 19.3 Å². The lowest BCUT2D eigenvalue weighted by molar-refractivity contribution is -0.144. The molecule has 0 unspecified atom stereocenters. The molecular weight excluding hydrogens is 368 g/mol. The van der Waals surface area contributed by atoms with Crippen LogP contribution in [0.5, 0.6) is 0 Å². The number of carbonyl (C=O) groups is 3. The Kier molecular flexibility index (Phi) is 7.36. The maximum absolute atomic E-state index is 12.2. The summed E-state index contributed by atoms with van der Waals surface area (Å²) in [5.41, 5.74) is 0.904. The monoisotopic (exact) mass is 400 g/mol. The standard InChI is InChI=1S/C23H32N2O4/c1-6-17-7-9-18(10-8-17)24-19(26)13-14-23(4,5)29-16-15-22(2,3)25-20(27)11-12-21(25)28/h7-12H,6,13-16H2,1-5H3,(H,24,26). The molecule has 0 atom stereocenters. The Hall–Kier alpha value is -2.47. The van der Waals surface area contributed by atoms with E-state index in [-0.39, 0.29) is 17.7 Å². The van der Waals surface area contributed by atoms with Crippen molar-refractivity contribution in [3.63, 3.8) is 0 Å². The minimum Gasteiger partial charge on any atom is -0.375 e. The van der Waals surface area contributed by atoms with Crippen LogP contribution >= 0.6 is 0 Å². The topological polar surface area (TPSA) is 75.7 Å². The van der Waals surface area contributed by atoms with Gasteiger partial charge in [0.25, 0.3) is 11.8 Å². The number of hydrogen-bond acceptors (Lipinski definition) is 4. The summed E-state index contributed by atoms with van der Waals surface area (Å²) >= 11 is 0. The first-order chi connectivity index (χ1) is 13.5. The second-order valence-corrected chi connectivity index (χ2v) is 8.61. The summed E-state index contributed by atoms with van der Waals surface area (Å²) in [6.45, 7) is 10.1. The van der Waals surface area contributed by atoms with Crippen molar-refractivity contribution in [3.05, 3.63) is 42.0 Å². The molecule has 0 saturated heterocycles. The lowest BCUT2D eigenvalue weighted by Crippen LogP contribution is -2.48. The first-order valence-electron chi connectivity index (χ1n) is 10.1. The van der Waals surface area contributed by atoms with Crippen LogP contribution in [-0.4, -0.2) is 40.4 Å². The Bertz CT molecular complexity index is 761. The third-order valence-electron chi connectivity index (χ3n) is 5.22. The molecule has 6 heteroatoms. The maximum Gasteiger partial charge on any atom is 0.254 e. The van der Waals surface area contributed by atoms with Gasteiger partial charge in [0.15, 0.2) is 0 Å². The molecule has 1 aromatic carbocycles. The third-order valence-corrected chi connectivity index (χ3v) is 5.22. The van der Waals surface area contributed by atoms with Crippen molar-refractivity contribution in [3.8, 4) is 0 Å². The second kappa shape index (κ2) is 9.35. The lowest BCUT2D eigenvalue weighted by atomic mass is 9.98. The zero-order valence-corrected chi connectivity index (χ0v) is 18.1. The maximum atomic E-state index is 12.2. The van der Waals surface area contributed by atoms with E-state index in [0.717, 1.165) is 12.1 Å². The van der Waals surface area contributed by atoms with Gasteiger partial charge < -0.3 is 10.1 Å². The predicted octanol–water partition coefficient (Wildman–Crippen LogP) is 3.86. The highest BCUT2D eigenvalue weighted by atomic mass is 16.5. The molecule has 0 saturated carbocycles. The number of carbonyl (C=O) groups excluding carboxylic acids is 3. The number of aryl methyl sites for hydroxylation is 1. The van der Waals surface area contributed by atoms with Gasteiger partial charge in [0.1, 0.15) is 0 Å². The highest BCUT2D eigenvalue weighted by Gasteiger charge is 2.37. The Morgan fingerprint density at radius 1 is 1.00 bits per heavy atom. The molecule has 0 aliphatic carbocycles. The summed E-state index contributed by atoms with van der Waals surface area (Å²) in [6.07, 6.45) is 4.99. The third kappa shape index (κ3) is 6.53. The average Bonchev–Trinajstić information content (AvgIpc) is 2.99. The molecule has 158 valence electrons. The number of imide groups is 1. The number of ether oxygens (including phenoxy) is 1. The number of amides is 3. The van der Waals surface area contributed by atoms with Gasteiger partial charge in [0.05, 0.1) is 5.60 Å². The smallest absolute Gasteiger partial charge is 0.254 e. The van der Waals surface area contributed by atoms with Crippen LogP contribution in [0.3, 0.4) is 0 Å². The molecule has 1 heterocycles. The van der Waals surface area contributed by atoms with Gasteiger partial charge in [-0.25, -0.2) is 0 Å². The van der Waals surface area contributed by atoms with Crippen molar-refractivity contribution in [2.45, 2.75) is 71.4 Å². The van der Waals surface area contributed by atoms with Gasteiger partial charge in [0, 0.05) is 36.4 Å². The van der Waals surface area contributed by atoms with Crippen LogP contribution in [0.25, 0.3) is 0 Å². The van der Waals surface area contributed by atoms with Crippen LogP contribution in [0.4, 0.5) is 5.69 Å². The SMILES string of the molecule is CCc1ccc(NC(=O)CCC(C)(C)OCCC(C)(C)N2C(=O)C=CC2=O)cc1. The van der Waals surface area contributed by atoms with E-state index < -0.39 is 11.1 Å². The van der Waals surface area contributed by atoms with Gasteiger partial charge in [-0.05, 0) is 64.7 Å². The largest absolute Gasteiger partial charge is 0.375 e. The quantitative estimate of drug-likeness (QED) is 0.605. The van der Waals surface area contributed by atoms with Crippen LogP contribution in [0.2, 0.25) is 0 Å². The van der Waals surface area contributed by atoms with E-state index in [1.54, 1.807) is 0 Å². The minimum atomic E-state index is -0.629. The fourth-order valence-corrected chi connectivity index (χ4v) is 3.22. The Balaban J connectivity index is 1.76. The zero-order chi connectivity index (χ0) is 21.7. The van der Waals surface area contributed by atoms with E-state index in [1.165, 1.54) is 22.6 Å².